The van der Waals surface area contributed by atoms with E-state index in [-0.39, 0.29) is 5.91 Å². The lowest BCUT2D eigenvalue weighted by molar-refractivity contribution is 0.0581. The minimum atomic E-state index is -0.145. The lowest BCUT2D eigenvalue weighted by Crippen LogP contribution is -2.28. The number of nitrogens with two attached hydrogens (primary N) is 1. The highest BCUT2D eigenvalue weighted by Crippen LogP contribution is 2.20. The van der Waals surface area contributed by atoms with Crippen molar-refractivity contribution in [2.75, 3.05) is 13.2 Å². The van der Waals surface area contributed by atoms with E-state index in [4.69, 9.17) is 14.9 Å². The molecule has 1 heterocycles. The molecule has 0 aliphatic heterocycles. The first-order valence-electron chi connectivity index (χ1n) is 6.47. The smallest absolute Gasteiger partial charge is 0.254 e. The van der Waals surface area contributed by atoms with E-state index in [1.165, 1.54) is 19.1 Å². The minimum absolute atomic E-state index is 0.145. The van der Waals surface area contributed by atoms with Gasteiger partial charge in [-0.25, -0.2) is 0 Å². The van der Waals surface area contributed by atoms with Crippen molar-refractivity contribution >= 4 is 5.91 Å². The zero-order chi connectivity index (χ0) is 12.8. The molecule has 1 saturated carbocycles. The molecule has 1 aliphatic carbocycles. The average molecular weight is 252 g/mol. The molecule has 1 fully saturated rings. The summed E-state index contributed by atoms with van der Waals surface area (Å²) in [5.74, 6) is 0.468. The summed E-state index contributed by atoms with van der Waals surface area (Å²) in [5, 5.41) is 2.80. The number of rotatable bonds is 6. The molecule has 0 atom stereocenters. The Hall–Kier alpha value is -1.33. The molecule has 5 heteroatoms. The summed E-state index contributed by atoms with van der Waals surface area (Å²) in [6.45, 7) is 1.40. The lowest BCUT2D eigenvalue weighted by atomic mass is 10.3. The van der Waals surface area contributed by atoms with Gasteiger partial charge in [0.25, 0.3) is 5.91 Å². The number of amides is 1. The van der Waals surface area contributed by atoms with Gasteiger partial charge >= 0.3 is 0 Å². The molecule has 3 N–H and O–H groups in total. The Kier molecular flexibility index (Phi) is 4.78. The van der Waals surface area contributed by atoms with Gasteiger partial charge in [0, 0.05) is 6.54 Å². The molecule has 18 heavy (non-hydrogen) atoms. The first kappa shape index (κ1) is 13.1. The molecule has 2 rings (SSSR count). The number of hydrogen-bond donors (Lipinski definition) is 2. The van der Waals surface area contributed by atoms with E-state index < -0.39 is 0 Å². The first-order valence-corrected chi connectivity index (χ1v) is 6.47. The van der Waals surface area contributed by atoms with Crippen molar-refractivity contribution in [3.63, 3.8) is 0 Å². The van der Waals surface area contributed by atoms with Crippen LogP contribution in [0, 0.1) is 0 Å². The standard InChI is InChI=1S/C13H20N2O3/c14-8-12-7-10(9-18-12)13(16)15-5-6-17-11-3-1-2-4-11/h7,9,11H,1-6,8,14H2,(H,15,16). The van der Waals surface area contributed by atoms with Crippen LogP contribution in [0.3, 0.4) is 0 Å². The highest BCUT2D eigenvalue weighted by atomic mass is 16.5. The molecule has 0 spiro atoms. The molecular formula is C13H20N2O3. The van der Waals surface area contributed by atoms with Gasteiger partial charge in [0.15, 0.2) is 0 Å². The molecule has 0 bridgehead atoms. The Balaban J connectivity index is 1.65. The van der Waals surface area contributed by atoms with Gasteiger partial charge in [-0.1, -0.05) is 12.8 Å². The summed E-state index contributed by atoms with van der Waals surface area (Å²) >= 11 is 0. The zero-order valence-electron chi connectivity index (χ0n) is 10.5. The third-order valence-electron chi connectivity index (χ3n) is 3.16. The van der Waals surface area contributed by atoms with Crippen molar-refractivity contribution in [3.05, 3.63) is 23.7 Å². The molecule has 1 aliphatic rings. The zero-order valence-corrected chi connectivity index (χ0v) is 10.5. The molecule has 5 nitrogen and oxygen atoms in total. The van der Waals surface area contributed by atoms with Crippen LogP contribution in [-0.4, -0.2) is 25.2 Å². The largest absolute Gasteiger partial charge is 0.467 e. The van der Waals surface area contributed by atoms with E-state index in [1.54, 1.807) is 6.07 Å². The number of nitrogens with one attached hydrogen (secondary N) is 1. The molecule has 0 saturated heterocycles. The predicted molar refractivity (Wildman–Crippen MR) is 67.1 cm³/mol. The van der Waals surface area contributed by atoms with Crippen molar-refractivity contribution in [3.8, 4) is 0 Å². The Morgan fingerprint density at radius 3 is 2.94 bits per heavy atom. The number of furan rings is 1. The Bertz CT molecular complexity index is 383. The van der Waals surface area contributed by atoms with Gasteiger partial charge in [0.1, 0.15) is 12.0 Å². The minimum Gasteiger partial charge on any atom is -0.467 e. The fraction of sp³-hybridized carbons (Fsp3) is 0.615. The van der Waals surface area contributed by atoms with Gasteiger partial charge < -0.3 is 20.2 Å². The van der Waals surface area contributed by atoms with Crippen molar-refractivity contribution in [1.82, 2.24) is 5.32 Å². The Labute approximate surface area is 107 Å². The van der Waals surface area contributed by atoms with Gasteiger partial charge in [-0.05, 0) is 18.9 Å². The second-order valence-electron chi connectivity index (χ2n) is 4.54. The van der Waals surface area contributed by atoms with Crippen LogP contribution in [0.15, 0.2) is 16.7 Å². The van der Waals surface area contributed by atoms with E-state index in [1.807, 2.05) is 0 Å². The SMILES string of the molecule is NCc1cc(C(=O)NCCOC2CCCC2)co1. The van der Waals surface area contributed by atoms with Gasteiger partial charge in [-0.2, -0.15) is 0 Å². The summed E-state index contributed by atoms with van der Waals surface area (Å²) in [6, 6.07) is 1.66. The highest BCUT2D eigenvalue weighted by Gasteiger charge is 2.15. The van der Waals surface area contributed by atoms with Crippen LogP contribution in [0.5, 0.6) is 0 Å². The monoisotopic (exact) mass is 252 g/mol. The number of ether oxygens (including phenoxy) is 1. The van der Waals surface area contributed by atoms with Crippen LogP contribution in [0.4, 0.5) is 0 Å². The van der Waals surface area contributed by atoms with E-state index in [0.717, 1.165) is 12.8 Å². The van der Waals surface area contributed by atoms with E-state index >= 15 is 0 Å². The van der Waals surface area contributed by atoms with Crippen LogP contribution < -0.4 is 11.1 Å². The summed E-state index contributed by atoms with van der Waals surface area (Å²) in [4.78, 5) is 11.7. The number of carbonyl (C=O) groups excluding carboxylic acids is 1. The number of carbonyl (C=O) groups is 1. The highest BCUT2D eigenvalue weighted by molar-refractivity contribution is 5.93. The van der Waals surface area contributed by atoms with Gasteiger partial charge in [0.2, 0.25) is 0 Å². The van der Waals surface area contributed by atoms with Gasteiger partial charge in [-0.3, -0.25) is 4.79 Å². The van der Waals surface area contributed by atoms with Crippen LogP contribution in [0.1, 0.15) is 41.8 Å². The molecule has 0 aromatic carbocycles. The Morgan fingerprint density at radius 1 is 1.50 bits per heavy atom. The van der Waals surface area contributed by atoms with Crippen molar-refractivity contribution < 1.29 is 13.9 Å². The van der Waals surface area contributed by atoms with Crippen LogP contribution in [0.2, 0.25) is 0 Å². The fourth-order valence-electron chi connectivity index (χ4n) is 2.15. The van der Waals surface area contributed by atoms with Gasteiger partial charge in [0.05, 0.1) is 24.8 Å². The van der Waals surface area contributed by atoms with Crippen LogP contribution in [0.25, 0.3) is 0 Å². The average Bonchev–Trinajstić information content (AvgIpc) is 3.05. The van der Waals surface area contributed by atoms with Crippen molar-refractivity contribution in [1.29, 1.82) is 0 Å². The third kappa shape index (κ3) is 3.58. The summed E-state index contributed by atoms with van der Waals surface area (Å²) in [5.41, 5.74) is 5.92. The maximum absolute atomic E-state index is 11.7. The third-order valence-corrected chi connectivity index (χ3v) is 3.16. The number of hydrogen-bond acceptors (Lipinski definition) is 4. The lowest BCUT2D eigenvalue weighted by Gasteiger charge is -2.10. The van der Waals surface area contributed by atoms with Crippen LogP contribution >= 0.6 is 0 Å². The molecule has 1 aromatic rings. The first-order chi connectivity index (χ1) is 8.79. The molecule has 100 valence electrons. The van der Waals surface area contributed by atoms with Crippen molar-refractivity contribution in [2.45, 2.75) is 38.3 Å². The maximum Gasteiger partial charge on any atom is 0.254 e. The maximum atomic E-state index is 11.7. The van der Waals surface area contributed by atoms with Crippen LogP contribution in [-0.2, 0) is 11.3 Å². The topological polar surface area (TPSA) is 77.5 Å². The summed E-state index contributed by atoms with van der Waals surface area (Å²) in [7, 11) is 0. The van der Waals surface area contributed by atoms with Gasteiger partial charge in [-0.15, -0.1) is 0 Å². The fourth-order valence-corrected chi connectivity index (χ4v) is 2.15. The predicted octanol–water partition coefficient (Wildman–Crippen LogP) is 1.43. The Morgan fingerprint density at radius 2 is 2.28 bits per heavy atom. The summed E-state index contributed by atoms with van der Waals surface area (Å²) in [6.07, 6.45) is 6.63. The second-order valence-corrected chi connectivity index (χ2v) is 4.54. The van der Waals surface area contributed by atoms with E-state index in [0.29, 0.717) is 37.1 Å². The second kappa shape index (κ2) is 6.56. The van der Waals surface area contributed by atoms with E-state index in [9.17, 15) is 4.79 Å². The quantitative estimate of drug-likeness (QED) is 0.751. The molecule has 1 amide bonds. The normalized spacial score (nSPS) is 16.1. The molecule has 0 radical (unpaired) electrons. The molecular weight excluding hydrogens is 232 g/mol. The van der Waals surface area contributed by atoms with Crippen molar-refractivity contribution in [2.24, 2.45) is 5.73 Å². The van der Waals surface area contributed by atoms with E-state index in [2.05, 4.69) is 5.32 Å². The summed E-state index contributed by atoms with van der Waals surface area (Å²) < 4.78 is 10.8. The molecule has 1 aromatic heterocycles. The molecule has 0 unspecified atom stereocenters.